The molecule has 0 fully saturated rings. The molecule has 1 atom stereocenters. The van der Waals surface area contributed by atoms with Crippen LogP contribution in [0, 0.1) is 0 Å². The fourth-order valence-corrected chi connectivity index (χ4v) is 2.14. The van der Waals surface area contributed by atoms with Crippen molar-refractivity contribution < 1.29 is 9.46 Å². The molecule has 0 aliphatic rings. The maximum absolute atomic E-state index is 10.9. The van der Waals surface area contributed by atoms with Crippen molar-refractivity contribution in [3.63, 3.8) is 0 Å². The molecule has 0 radical (unpaired) electrons. The molecule has 4 heteroatoms. The van der Waals surface area contributed by atoms with Gasteiger partial charge in [-0.1, -0.05) is 24.9 Å². The second-order valence-electron chi connectivity index (χ2n) is 2.86. The molecule has 1 aromatic rings. The van der Waals surface area contributed by atoms with Crippen LogP contribution in [0.4, 0.5) is 0 Å². The summed E-state index contributed by atoms with van der Waals surface area (Å²) in [7, 11) is -2.59. The number of halogens is 1. The highest BCUT2D eigenvalue weighted by Gasteiger charge is 2.06. The van der Waals surface area contributed by atoms with Crippen LogP contribution < -0.4 is 5.30 Å². The van der Waals surface area contributed by atoms with E-state index in [1.54, 1.807) is 18.2 Å². The van der Waals surface area contributed by atoms with Gasteiger partial charge in [0.2, 0.25) is 8.03 Å². The van der Waals surface area contributed by atoms with Crippen LogP contribution in [0.15, 0.2) is 18.2 Å². The largest absolute Gasteiger partial charge is 0.343 e. The lowest BCUT2D eigenvalue weighted by atomic mass is 10.1. The van der Waals surface area contributed by atoms with Crippen molar-refractivity contribution in [3.8, 4) is 0 Å². The summed E-state index contributed by atoms with van der Waals surface area (Å²) in [5, 5.41) is 1.16. The zero-order chi connectivity index (χ0) is 9.84. The van der Waals surface area contributed by atoms with Crippen LogP contribution in [-0.4, -0.2) is 4.89 Å². The van der Waals surface area contributed by atoms with Crippen LogP contribution in [-0.2, 0) is 11.0 Å². The van der Waals surface area contributed by atoms with Gasteiger partial charge < -0.3 is 4.89 Å². The lowest BCUT2D eigenvalue weighted by Crippen LogP contribution is -2.04. The first kappa shape index (κ1) is 10.8. The standard InChI is InChI=1S/C9H12ClO2P/c1-2-3-7-6-8(10)4-5-9(7)13(11)12/h4-6,13H,2-3H2,1H3,(H,11,12). The Bertz CT molecular complexity index is 325. The van der Waals surface area contributed by atoms with E-state index in [9.17, 15) is 4.57 Å². The number of aryl methyl sites for hydroxylation is 1. The molecule has 0 spiro atoms. The highest BCUT2D eigenvalue weighted by molar-refractivity contribution is 7.47. The van der Waals surface area contributed by atoms with Gasteiger partial charge >= 0.3 is 0 Å². The lowest BCUT2D eigenvalue weighted by Gasteiger charge is -2.05. The number of benzene rings is 1. The molecule has 72 valence electrons. The van der Waals surface area contributed by atoms with Crippen LogP contribution in [0.5, 0.6) is 0 Å². The Labute approximate surface area is 83.4 Å². The van der Waals surface area contributed by atoms with E-state index in [4.69, 9.17) is 16.5 Å². The van der Waals surface area contributed by atoms with E-state index in [1.165, 1.54) is 0 Å². The maximum atomic E-state index is 10.9. The molecule has 0 heterocycles. The number of hydrogen-bond acceptors (Lipinski definition) is 1. The summed E-state index contributed by atoms with van der Waals surface area (Å²) in [5.74, 6) is 0. The van der Waals surface area contributed by atoms with Crippen molar-refractivity contribution in [1.29, 1.82) is 0 Å². The fraction of sp³-hybridized carbons (Fsp3) is 0.333. The van der Waals surface area contributed by atoms with Gasteiger partial charge in [0.15, 0.2) is 0 Å². The first-order valence-electron chi connectivity index (χ1n) is 4.17. The third-order valence-corrected chi connectivity index (χ3v) is 3.00. The normalized spacial score (nSPS) is 12.8. The summed E-state index contributed by atoms with van der Waals surface area (Å²) in [5.41, 5.74) is 0.890. The van der Waals surface area contributed by atoms with E-state index < -0.39 is 8.03 Å². The summed E-state index contributed by atoms with van der Waals surface area (Å²) in [6.45, 7) is 2.03. The predicted molar refractivity (Wildman–Crippen MR) is 56.3 cm³/mol. The van der Waals surface area contributed by atoms with Gasteiger partial charge in [-0.25, -0.2) is 0 Å². The Morgan fingerprint density at radius 2 is 2.23 bits per heavy atom. The zero-order valence-corrected chi connectivity index (χ0v) is 9.14. The Morgan fingerprint density at radius 3 is 2.77 bits per heavy atom. The molecule has 0 saturated heterocycles. The maximum Gasteiger partial charge on any atom is 0.218 e. The average molecular weight is 219 g/mol. The third kappa shape index (κ3) is 2.84. The van der Waals surface area contributed by atoms with E-state index in [0.717, 1.165) is 18.4 Å². The number of rotatable bonds is 3. The Hall–Kier alpha value is -0.300. The van der Waals surface area contributed by atoms with Crippen LogP contribution in [0.25, 0.3) is 0 Å². The highest BCUT2D eigenvalue weighted by atomic mass is 35.5. The molecule has 0 aliphatic heterocycles. The third-order valence-electron chi connectivity index (χ3n) is 1.82. The van der Waals surface area contributed by atoms with Crippen LogP contribution >= 0.6 is 19.6 Å². The molecule has 1 N–H and O–H groups in total. The van der Waals surface area contributed by atoms with Gasteiger partial charge in [-0.3, -0.25) is 4.57 Å². The second-order valence-corrected chi connectivity index (χ2v) is 4.44. The van der Waals surface area contributed by atoms with Gasteiger partial charge in [0.25, 0.3) is 0 Å². The highest BCUT2D eigenvalue weighted by Crippen LogP contribution is 2.20. The van der Waals surface area contributed by atoms with Crippen LogP contribution in [0.1, 0.15) is 18.9 Å². The van der Waals surface area contributed by atoms with Crippen LogP contribution in [0.3, 0.4) is 0 Å². The minimum absolute atomic E-state index is 0.538. The molecular formula is C9H12ClO2P. The Kier molecular flexibility index (Phi) is 3.98. The van der Waals surface area contributed by atoms with E-state index in [2.05, 4.69) is 0 Å². The number of hydrogen-bond donors (Lipinski definition) is 1. The molecule has 2 nitrogen and oxygen atoms in total. The summed E-state index contributed by atoms with van der Waals surface area (Å²) in [6, 6.07) is 5.04. The molecule has 1 aromatic carbocycles. The van der Waals surface area contributed by atoms with E-state index in [-0.39, 0.29) is 0 Å². The lowest BCUT2D eigenvalue weighted by molar-refractivity contribution is 0.513. The van der Waals surface area contributed by atoms with E-state index in [0.29, 0.717) is 10.3 Å². The fourth-order valence-electron chi connectivity index (χ4n) is 1.25. The van der Waals surface area contributed by atoms with Gasteiger partial charge in [0.1, 0.15) is 0 Å². The van der Waals surface area contributed by atoms with E-state index in [1.807, 2.05) is 6.92 Å². The monoisotopic (exact) mass is 218 g/mol. The molecule has 0 bridgehead atoms. The minimum Gasteiger partial charge on any atom is -0.343 e. The first-order chi connectivity index (χ1) is 6.15. The zero-order valence-electron chi connectivity index (χ0n) is 7.38. The minimum atomic E-state index is -2.59. The molecule has 1 unspecified atom stereocenters. The van der Waals surface area contributed by atoms with Crippen molar-refractivity contribution in [2.75, 3.05) is 0 Å². The quantitative estimate of drug-likeness (QED) is 0.791. The molecule has 0 amide bonds. The van der Waals surface area contributed by atoms with Gasteiger partial charge in [-0.15, -0.1) is 0 Å². The first-order valence-corrected chi connectivity index (χ1v) is 5.90. The summed E-state index contributed by atoms with van der Waals surface area (Å²) in [6.07, 6.45) is 1.75. The van der Waals surface area contributed by atoms with Crippen molar-refractivity contribution in [3.05, 3.63) is 28.8 Å². The van der Waals surface area contributed by atoms with Crippen LogP contribution in [0.2, 0.25) is 5.02 Å². The van der Waals surface area contributed by atoms with Gasteiger partial charge in [-0.2, -0.15) is 0 Å². The molecule has 0 aromatic heterocycles. The molecule has 1 rings (SSSR count). The smallest absolute Gasteiger partial charge is 0.218 e. The van der Waals surface area contributed by atoms with Crippen molar-refractivity contribution >= 4 is 24.9 Å². The van der Waals surface area contributed by atoms with Crippen molar-refractivity contribution in [2.45, 2.75) is 19.8 Å². The van der Waals surface area contributed by atoms with Crippen molar-refractivity contribution in [1.82, 2.24) is 0 Å². The van der Waals surface area contributed by atoms with E-state index >= 15 is 0 Å². The SMILES string of the molecule is CCCc1cc(Cl)ccc1[PH](=O)O. The average Bonchev–Trinajstić information content (AvgIpc) is 2.04. The van der Waals surface area contributed by atoms with Gasteiger partial charge in [0.05, 0.1) is 0 Å². The molecular weight excluding hydrogens is 207 g/mol. The Morgan fingerprint density at radius 1 is 1.54 bits per heavy atom. The topological polar surface area (TPSA) is 37.3 Å². The summed E-state index contributed by atoms with van der Waals surface area (Å²) >= 11 is 5.78. The molecule has 0 aliphatic carbocycles. The van der Waals surface area contributed by atoms with Gasteiger partial charge in [-0.05, 0) is 30.2 Å². The summed E-state index contributed by atoms with van der Waals surface area (Å²) in [4.78, 5) is 9.03. The van der Waals surface area contributed by atoms with Gasteiger partial charge in [0, 0.05) is 10.3 Å². The van der Waals surface area contributed by atoms with Crippen molar-refractivity contribution in [2.24, 2.45) is 0 Å². The second kappa shape index (κ2) is 4.80. The Balaban J connectivity index is 3.10. The molecule has 0 saturated carbocycles. The summed E-state index contributed by atoms with van der Waals surface area (Å²) < 4.78 is 10.9. The molecule has 13 heavy (non-hydrogen) atoms. The predicted octanol–water partition coefficient (Wildman–Crippen LogP) is 2.38.